The fourth-order valence-electron chi connectivity index (χ4n) is 4.57. The Morgan fingerprint density at radius 1 is 1.00 bits per heavy atom. The number of imidazole rings is 1. The molecule has 0 bridgehead atoms. The van der Waals surface area contributed by atoms with E-state index in [9.17, 15) is 9.18 Å². The van der Waals surface area contributed by atoms with Crippen molar-refractivity contribution < 1.29 is 13.9 Å². The van der Waals surface area contributed by atoms with Gasteiger partial charge in [-0.25, -0.2) is 9.37 Å². The number of rotatable bonds is 6. The van der Waals surface area contributed by atoms with Crippen LogP contribution < -0.4 is 16.2 Å². The molecule has 0 aliphatic rings. The number of anilines is 1. The van der Waals surface area contributed by atoms with E-state index in [4.69, 9.17) is 16.2 Å². The summed E-state index contributed by atoms with van der Waals surface area (Å²) in [6.07, 6.45) is 1.53. The zero-order valence-electron chi connectivity index (χ0n) is 20.0. The summed E-state index contributed by atoms with van der Waals surface area (Å²) in [4.78, 5) is 17.0. The number of nitrogens with two attached hydrogens (primary N) is 2. The van der Waals surface area contributed by atoms with Gasteiger partial charge in [-0.15, -0.1) is 0 Å². The first-order valence-electron chi connectivity index (χ1n) is 11.5. The fraction of sp³-hybridized carbons (Fsp3) is 0.103. The lowest BCUT2D eigenvalue weighted by Gasteiger charge is -2.19. The maximum atomic E-state index is 14.7. The summed E-state index contributed by atoms with van der Waals surface area (Å²) in [6.45, 7) is 4.30. The highest BCUT2D eigenvalue weighted by Gasteiger charge is 2.23. The van der Waals surface area contributed by atoms with Crippen molar-refractivity contribution in [1.82, 2.24) is 9.55 Å². The van der Waals surface area contributed by atoms with Gasteiger partial charge in [-0.2, -0.15) is 0 Å². The summed E-state index contributed by atoms with van der Waals surface area (Å²) < 4.78 is 22.4. The van der Waals surface area contributed by atoms with Gasteiger partial charge in [-0.3, -0.25) is 9.36 Å². The Morgan fingerprint density at radius 2 is 1.72 bits per heavy atom. The Morgan fingerprint density at radius 3 is 2.44 bits per heavy atom. The molecule has 5 rings (SSSR count). The first-order chi connectivity index (χ1) is 17.4. The van der Waals surface area contributed by atoms with Crippen LogP contribution in [-0.4, -0.2) is 15.5 Å². The molecule has 0 fully saturated rings. The molecule has 1 aromatic heterocycles. The van der Waals surface area contributed by atoms with Crippen LogP contribution in [0.2, 0.25) is 0 Å². The number of ether oxygens (including phenoxy) is 1. The quantitative estimate of drug-likeness (QED) is 0.304. The number of primary amides is 1. The van der Waals surface area contributed by atoms with Gasteiger partial charge < -0.3 is 16.2 Å². The molecular weight excluding hydrogens is 455 g/mol. The van der Waals surface area contributed by atoms with Crippen molar-refractivity contribution in [3.8, 4) is 22.6 Å². The van der Waals surface area contributed by atoms with E-state index in [2.05, 4.69) is 4.98 Å². The number of nitrogens with zero attached hydrogens (tertiary/aromatic N) is 2. The van der Waals surface area contributed by atoms with Crippen LogP contribution in [0, 0.1) is 19.7 Å². The Balaban J connectivity index is 1.72. The number of benzene rings is 4. The third kappa shape index (κ3) is 3.94. The lowest BCUT2D eigenvalue weighted by atomic mass is 9.91. The van der Waals surface area contributed by atoms with Gasteiger partial charge in [0.1, 0.15) is 24.5 Å². The number of carbonyl (C=O) groups excluding carboxylic acids is 1. The molecule has 0 spiro atoms. The molecule has 1 heterocycles. The number of halogens is 1. The predicted octanol–water partition coefficient (Wildman–Crippen LogP) is 5.71. The second kappa shape index (κ2) is 9.19. The molecule has 5 aromatic rings. The van der Waals surface area contributed by atoms with Crippen molar-refractivity contribution in [3.05, 3.63) is 107 Å². The van der Waals surface area contributed by atoms with Gasteiger partial charge in [0, 0.05) is 5.56 Å². The van der Waals surface area contributed by atoms with E-state index in [1.165, 1.54) is 12.4 Å². The smallest absolute Gasteiger partial charge is 0.250 e. The molecule has 0 saturated carbocycles. The van der Waals surface area contributed by atoms with Gasteiger partial charge in [0.25, 0.3) is 5.91 Å². The number of hydrogen-bond donors (Lipinski definition) is 2. The van der Waals surface area contributed by atoms with Crippen LogP contribution in [0.15, 0.2) is 79.1 Å². The molecule has 1 amide bonds. The van der Waals surface area contributed by atoms with Gasteiger partial charge in [-0.05, 0) is 60.4 Å². The topological polar surface area (TPSA) is 96.2 Å². The normalized spacial score (nSPS) is 11.1. The summed E-state index contributed by atoms with van der Waals surface area (Å²) in [5, 5.41) is 0. The number of carbonyl (C=O) groups is 1. The van der Waals surface area contributed by atoms with Crippen LogP contribution in [0.4, 0.5) is 10.1 Å². The van der Waals surface area contributed by atoms with Crippen molar-refractivity contribution in [2.24, 2.45) is 5.73 Å². The van der Waals surface area contributed by atoms with E-state index >= 15 is 0 Å². The summed E-state index contributed by atoms with van der Waals surface area (Å²) in [6, 6.07) is 21.7. The standard InChI is InChI=1S/C29H25FN4O2/c1-17-12-13-24(36-15-19-8-4-3-5-9-19)18(2)25(17)26-27(31)20(29(32)35)14-23-28(26)33-16-34(23)22-11-7-6-10-21(22)30/h3-14,16H,15,31H2,1-2H3,(H2,32,35). The molecule has 7 heteroatoms. The van der Waals surface area contributed by atoms with E-state index in [1.54, 1.807) is 28.8 Å². The minimum absolute atomic E-state index is 0.144. The summed E-state index contributed by atoms with van der Waals surface area (Å²) >= 11 is 0. The zero-order chi connectivity index (χ0) is 25.4. The lowest BCUT2D eigenvalue weighted by Crippen LogP contribution is -2.15. The van der Waals surface area contributed by atoms with E-state index in [-0.39, 0.29) is 11.3 Å². The van der Waals surface area contributed by atoms with Crippen LogP contribution in [0.1, 0.15) is 27.0 Å². The van der Waals surface area contributed by atoms with Crippen LogP contribution in [-0.2, 0) is 6.61 Å². The summed E-state index contributed by atoms with van der Waals surface area (Å²) in [5.74, 6) is -0.409. The molecule has 0 aliphatic carbocycles. The SMILES string of the molecule is Cc1ccc(OCc2ccccc2)c(C)c1-c1c(N)c(C(N)=O)cc2c1ncn2-c1ccccc1F. The maximum absolute atomic E-state index is 14.7. The molecule has 4 N–H and O–H groups in total. The number of amides is 1. The maximum Gasteiger partial charge on any atom is 0.250 e. The Kier molecular flexibility index (Phi) is 5.90. The van der Waals surface area contributed by atoms with Gasteiger partial charge >= 0.3 is 0 Å². The van der Waals surface area contributed by atoms with Crippen molar-refractivity contribution >= 4 is 22.6 Å². The molecule has 4 aromatic carbocycles. The second-order valence-corrected chi connectivity index (χ2v) is 8.67. The van der Waals surface area contributed by atoms with Gasteiger partial charge in [0.15, 0.2) is 0 Å². The van der Waals surface area contributed by atoms with E-state index < -0.39 is 11.7 Å². The minimum atomic E-state index is -0.677. The highest BCUT2D eigenvalue weighted by atomic mass is 19.1. The third-order valence-corrected chi connectivity index (χ3v) is 6.37. The molecule has 0 unspecified atom stereocenters. The van der Waals surface area contributed by atoms with Crippen LogP contribution in [0.5, 0.6) is 5.75 Å². The summed E-state index contributed by atoms with van der Waals surface area (Å²) in [5.41, 5.74) is 18.2. The largest absolute Gasteiger partial charge is 0.489 e. The molecule has 0 aliphatic heterocycles. The monoisotopic (exact) mass is 480 g/mol. The molecule has 6 nitrogen and oxygen atoms in total. The Hall–Kier alpha value is -4.65. The van der Waals surface area contributed by atoms with Gasteiger partial charge in [0.05, 0.1) is 28.0 Å². The average Bonchev–Trinajstić information content (AvgIpc) is 3.28. The molecule has 180 valence electrons. The molecule has 0 saturated heterocycles. The average molecular weight is 481 g/mol. The van der Waals surface area contributed by atoms with Crippen molar-refractivity contribution in [2.75, 3.05) is 5.73 Å². The molecule has 36 heavy (non-hydrogen) atoms. The zero-order valence-corrected chi connectivity index (χ0v) is 20.0. The Bertz CT molecular complexity index is 1610. The first-order valence-corrected chi connectivity index (χ1v) is 11.5. The second-order valence-electron chi connectivity index (χ2n) is 8.67. The van der Waals surface area contributed by atoms with Crippen LogP contribution >= 0.6 is 0 Å². The van der Waals surface area contributed by atoms with E-state index in [0.29, 0.717) is 34.6 Å². The number of nitrogen functional groups attached to an aromatic ring is 1. The van der Waals surface area contributed by atoms with Gasteiger partial charge in [0.2, 0.25) is 0 Å². The molecule has 0 atom stereocenters. The highest BCUT2D eigenvalue weighted by molar-refractivity contribution is 6.10. The first kappa shape index (κ1) is 23.1. The van der Waals surface area contributed by atoms with Crippen LogP contribution in [0.25, 0.3) is 27.8 Å². The van der Waals surface area contributed by atoms with Crippen molar-refractivity contribution in [2.45, 2.75) is 20.5 Å². The predicted molar refractivity (Wildman–Crippen MR) is 140 cm³/mol. The fourth-order valence-corrected chi connectivity index (χ4v) is 4.57. The lowest BCUT2D eigenvalue weighted by molar-refractivity contribution is 0.100. The van der Waals surface area contributed by atoms with E-state index in [0.717, 1.165) is 22.3 Å². The molecule has 0 radical (unpaired) electrons. The van der Waals surface area contributed by atoms with Gasteiger partial charge in [-0.1, -0.05) is 48.5 Å². The number of hydrogen-bond acceptors (Lipinski definition) is 4. The van der Waals surface area contributed by atoms with Crippen LogP contribution in [0.3, 0.4) is 0 Å². The number of aryl methyl sites for hydroxylation is 1. The summed E-state index contributed by atoms with van der Waals surface area (Å²) in [7, 11) is 0. The van der Waals surface area contributed by atoms with Crippen molar-refractivity contribution in [3.63, 3.8) is 0 Å². The minimum Gasteiger partial charge on any atom is -0.489 e. The Labute approximate surface area is 208 Å². The van der Waals surface area contributed by atoms with Crippen molar-refractivity contribution in [1.29, 1.82) is 0 Å². The number of aromatic nitrogens is 2. The molecular formula is C29H25FN4O2. The number of fused-ring (bicyclic) bond motifs is 1. The number of para-hydroxylation sites is 1. The third-order valence-electron chi connectivity index (χ3n) is 6.37. The van der Waals surface area contributed by atoms with E-state index in [1.807, 2.05) is 56.3 Å². The highest BCUT2D eigenvalue weighted by Crippen LogP contribution is 2.42.